The van der Waals surface area contributed by atoms with E-state index in [1.165, 1.54) is 6.42 Å². The minimum absolute atomic E-state index is 0.131. The normalized spacial score (nSPS) is 17.6. The van der Waals surface area contributed by atoms with E-state index < -0.39 is 0 Å². The third kappa shape index (κ3) is 4.23. The van der Waals surface area contributed by atoms with Crippen LogP contribution in [0.3, 0.4) is 0 Å². The first-order chi connectivity index (χ1) is 12.4. The van der Waals surface area contributed by atoms with Crippen LogP contribution in [0.4, 0.5) is 5.69 Å². The lowest BCUT2D eigenvalue weighted by Crippen LogP contribution is -2.39. The summed E-state index contributed by atoms with van der Waals surface area (Å²) >= 11 is 0. The van der Waals surface area contributed by atoms with Crippen LogP contribution in [-0.2, 0) is 6.54 Å². The van der Waals surface area contributed by atoms with Gasteiger partial charge >= 0.3 is 0 Å². The summed E-state index contributed by atoms with van der Waals surface area (Å²) in [5, 5.41) is 7.31. The zero-order valence-corrected chi connectivity index (χ0v) is 16.1. The fourth-order valence-corrected chi connectivity index (χ4v) is 3.30. The number of nitrogens with one attached hydrogen (secondary N) is 1. The Hall–Kier alpha value is -2.37. The highest BCUT2D eigenvalue weighted by atomic mass is 16.5. The van der Waals surface area contributed by atoms with Gasteiger partial charge < -0.3 is 14.7 Å². The van der Waals surface area contributed by atoms with Crippen LogP contribution in [0.15, 0.2) is 22.7 Å². The lowest BCUT2D eigenvalue weighted by molar-refractivity contribution is 0.0683. The summed E-state index contributed by atoms with van der Waals surface area (Å²) in [6.07, 6.45) is 2.30. The Morgan fingerprint density at radius 2 is 2.23 bits per heavy atom. The molecule has 1 atom stereocenters. The number of amides is 1. The van der Waals surface area contributed by atoms with Gasteiger partial charge in [0.2, 0.25) is 5.89 Å². The molecule has 1 aromatic carbocycles. The first-order valence-corrected chi connectivity index (χ1v) is 9.40. The molecule has 0 saturated carbocycles. The van der Waals surface area contributed by atoms with E-state index in [1.807, 2.05) is 43.9 Å². The zero-order valence-electron chi connectivity index (χ0n) is 16.1. The smallest absolute Gasteiger partial charge is 0.253 e. The summed E-state index contributed by atoms with van der Waals surface area (Å²) in [4.78, 5) is 19.1. The summed E-state index contributed by atoms with van der Waals surface area (Å²) in [5.41, 5.74) is 2.77. The molecule has 0 radical (unpaired) electrons. The van der Waals surface area contributed by atoms with Crippen molar-refractivity contribution in [2.45, 2.75) is 53.0 Å². The third-order valence-electron chi connectivity index (χ3n) is 4.83. The van der Waals surface area contributed by atoms with E-state index in [4.69, 9.17) is 4.52 Å². The maximum absolute atomic E-state index is 12.7. The molecular weight excluding hydrogens is 328 g/mol. The number of hydrogen-bond acceptors (Lipinski definition) is 5. The highest BCUT2D eigenvalue weighted by Crippen LogP contribution is 2.22. The molecule has 1 aromatic heterocycles. The van der Waals surface area contributed by atoms with Gasteiger partial charge in [0.05, 0.1) is 6.54 Å². The monoisotopic (exact) mass is 356 g/mol. The first-order valence-electron chi connectivity index (χ1n) is 9.40. The van der Waals surface area contributed by atoms with Crippen molar-refractivity contribution in [1.29, 1.82) is 0 Å². The third-order valence-corrected chi connectivity index (χ3v) is 4.83. The number of carbonyl (C=O) groups is 1. The molecule has 6 heteroatoms. The SMILES string of the molecule is Cc1cc(C(=O)N2CCCC(C)C2)ccc1NCc1noc(C(C)C)n1. The minimum Gasteiger partial charge on any atom is -0.377 e. The fourth-order valence-electron chi connectivity index (χ4n) is 3.30. The van der Waals surface area contributed by atoms with Crippen LogP contribution in [0.25, 0.3) is 0 Å². The lowest BCUT2D eigenvalue weighted by Gasteiger charge is -2.31. The Labute approximate surface area is 155 Å². The van der Waals surface area contributed by atoms with Gasteiger partial charge in [-0.3, -0.25) is 4.79 Å². The summed E-state index contributed by atoms with van der Waals surface area (Å²) in [6.45, 7) is 10.5. The van der Waals surface area contributed by atoms with Crippen molar-refractivity contribution in [3.8, 4) is 0 Å². The Balaban J connectivity index is 1.64. The van der Waals surface area contributed by atoms with Crippen molar-refractivity contribution < 1.29 is 9.32 Å². The molecule has 26 heavy (non-hydrogen) atoms. The predicted molar refractivity (Wildman–Crippen MR) is 101 cm³/mol. The molecule has 2 heterocycles. The van der Waals surface area contributed by atoms with Gasteiger partial charge in [-0.1, -0.05) is 25.9 Å². The summed E-state index contributed by atoms with van der Waals surface area (Å²) in [6, 6.07) is 5.81. The summed E-state index contributed by atoms with van der Waals surface area (Å²) < 4.78 is 5.22. The number of carbonyl (C=O) groups excluding carboxylic acids is 1. The number of aryl methyl sites for hydroxylation is 1. The van der Waals surface area contributed by atoms with E-state index >= 15 is 0 Å². The number of nitrogens with zero attached hydrogens (tertiary/aromatic N) is 3. The minimum atomic E-state index is 0.131. The van der Waals surface area contributed by atoms with E-state index in [0.29, 0.717) is 24.2 Å². The second-order valence-corrected chi connectivity index (χ2v) is 7.59. The number of piperidine rings is 1. The van der Waals surface area contributed by atoms with Gasteiger partial charge in [-0.15, -0.1) is 0 Å². The molecule has 0 spiro atoms. The molecule has 6 nitrogen and oxygen atoms in total. The number of rotatable bonds is 5. The van der Waals surface area contributed by atoms with Gasteiger partial charge in [0.15, 0.2) is 5.82 Å². The highest BCUT2D eigenvalue weighted by Gasteiger charge is 2.22. The van der Waals surface area contributed by atoms with Crippen molar-refractivity contribution in [2.24, 2.45) is 5.92 Å². The van der Waals surface area contributed by atoms with E-state index in [-0.39, 0.29) is 11.8 Å². The van der Waals surface area contributed by atoms with Crippen LogP contribution in [0, 0.1) is 12.8 Å². The van der Waals surface area contributed by atoms with Crippen LogP contribution in [-0.4, -0.2) is 34.0 Å². The maximum atomic E-state index is 12.7. The fraction of sp³-hybridized carbons (Fsp3) is 0.550. The first kappa shape index (κ1) is 18.4. The predicted octanol–water partition coefficient (Wildman–Crippen LogP) is 3.99. The molecule has 1 N–H and O–H groups in total. The standard InChI is InChI=1S/C20H28N4O2/c1-13(2)19-22-18(23-26-19)11-21-17-8-7-16(10-15(17)4)20(25)24-9-5-6-14(3)12-24/h7-8,10,13-14,21H,5-6,9,11-12H2,1-4H3. The topological polar surface area (TPSA) is 71.3 Å². The van der Waals surface area contributed by atoms with Crippen LogP contribution in [0.5, 0.6) is 0 Å². The van der Waals surface area contributed by atoms with Gasteiger partial charge in [0.25, 0.3) is 5.91 Å². The molecule has 1 amide bonds. The van der Waals surface area contributed by atoms with Crippen LogP contribution in [0.1, 0.15) is 67.2 Å². The van der Waals surface area contributed by atoms with Gasteiger partial charge in [-0.2, -0.15) is 4.98 Å². The van der Waals surface area contributed by atoms with Crippen LogP contribution >= 0.6 is 0 Å². The molecule has 0 bridgehead atoms. The molecule has 140 valence electrons. The Morgan fingerprint density at radius 3 is 2.88 bits per heavy atom. The van der Waals surface area contributed by atoms with E-state index in [0.717, 1.165) is 36.3 Å². The Bertz CT molecular complexity index is 769. The maximum Gasteiger partial charge on any atom is 0.253 e. The number of anilines is 1. The van der Waals surface area contributed by atoms with Crippen LogP contribution < -0.4 is 5.32 Å². The Kier molecular flexibility index (Phi) is 5.59. The molecular formula is C20H28N4O2. The molecule has 3 rings (SSSR count). The van der Waals surface area contributed by atoms with E-state index in [1.54, 1.807) is 0 Å². The second kappa shape index (κ2) is 7.89. The van der Waals surface area contributed by atoms with E-state index in [9.17, 15) is 4.79 Å². The number of hydrogen-bond donors (Lipinski definition) is 1. The van der Waals surface area contributed by atoms with Crippen molar-refractivity contribution >= 4 is 11.6 Å². The molecule has 1 saturated heterocycles. The van der Waals surface area contributed by atoms with E-state index in [2.05, 4.69) is 22.4 Å². The Morgan fingerprint density at radius 1 is 1.42 bits per heavy atom. The number of likely N-dealkylation sites (tertiary alicyclic amines) is 1. The van der Waals surface area contributed by atoms with Gasteiger partial charge in [-0.25, -0.2) is 0 Å². The van der Waals surface area contributed by atoms with Crippen molar-refractivity contribution in [3.05, 3.63) is 41.0 Å². The largest absolute Gasteiger partial charge is 0.377 e. The molecule has 2 aromatic rings. The summed E-state index contributed by atoms with van der Waals surface area (Å²) in [7, 11) is 0. The van der Waals surface area contributed by atoms with Gasteiger partial charge in [0, 0.05) is 30.3 Å². The van der Waals surface area contributed by atoms with Crippen molar-refractivity contribution in [2.75, 3.05) is 18.4 Å². The number of aromatic nitrogens is 2. The summed E-state index contributed by atoms with van der Waals surface area (Å²) in [5.74, 6) is 2.22. The molecule has 1 fully saturated rings. The van der Waals surface area contributed by atoms with Crippen molar-refractivity contribution in [3.63, 3.8) is 0 Å². The zero-order chi connectivity index (χ0) is 18.7. The average Bonchev–Trinajstić information content (AvgIpc) is 3.09. The van der Waals surface area contributed by atoms with Crippen LogP contribution in [0.2, 0.25) is 0 Å². The quantitative estimate of drug-likeness (QED) is 0.877. The second-order valence-electron chi connectivity index (χ2n) is 7.59. The molecule has 1 aliphatic heterocycles. The lowest BCUT2D eigenvalue weighted by atomic mass is 9.99. The van der Waals surface area contributed by atoms with Gasteiger partial charge in [0.1, 0.15) is 0 Å². The molecule has 1 unspecified atom stereocenters. The molecule has 0 aliphatic carbocycles. The van der Waals surface area contributed by atoms with Crippen molar-refractivity contribution in [1.82, 2.24) is 15.0 Å². The number of benzene rings is 1. The highest BCUT2D eigenvalue weighted by molar-refractivity contribution is 5.95. The molecule has 1 aliphatic rings. The van der Waals surface area contributed by atoms with Gasteiger partial charge in [-0.05, 0) is 49.4 Å². The average molecular weight is 356 g/mol.